The van der Waals surface area contributed by atoms with Gasteiger partial charge >= 0.3 is 0 Å². The Bertz CT molecular complexity index is 328. The third kappa shape index (κ3) is 5.29. The average molecular weight is 291 g/mol. The van der Waals surface area contributed by atoms with Gasteiger partial charge in [-0.25, -0.2) is 0 Å². The molecule has 0 saturated carbocycles. The molecule has 90 valence electrons. The molecule has 1 aromatic rings. The van der Waals surface area contributed by atoms with Gasteiger partial charge in [-0.1, -0.05) is 0 Å². The summed E-state index contributed by atoms with van der Waals surface area (Å²) >= 11 is 3.21. The molecular formula is C10H15BrN2O3. The smallest absolute Gasteiger partial charge is 0.234 e. The van der Waals surface area contributed by atoms with Crippen LogP contribution < -0.4 is 10.6 Å². The van der Waals surface area contributed by atoms with Crippen molar-refractivity contribution in [2.45, 2.75) is 6.54 Å². The van der Waals surface area contributed by atoms with Gasteiger partial charge in [-0.2, -0.15) is 0 Å². The first kappa shape index (κ1) is 13.2. The first-order valence-electron chi connectivity index (χ1n) is 4.93. The van der Waals surface area contributed by atoms with Gasteiger partial charge in [0, 0.05) is 13.7 Å². The lowest BCUT2D eigenvalue weighted by atomic mass is 10.4. The molecule has 0 saturated heterocycles. The summed E-state index contributed by atoms with van der Waals surface area (Å²) in [6, 6.07) is 3.66. The highest BCUT2D eigenvalue weighted by atomic mass is 79.9. The van der Waals surface area contributed by atoms with Crippen LogP contribution in [0.3, 0.4) is 0 Å². The van der Waals surface area contributed by atoms with Crippen molar-refractivity contribution in [1.29, 1.82) is 0 Å². The van der Waals surface area contributed by atoms with E-state index in [0.717, 1.165) is 5.76 Å². The molecule has 0 bridgehead atoms. The van der Waals surface area contributed by atoms with Crippen LogP contribution in [0, 0.1) is 0 Å². The number of hydrogen-bond donors (Lipinski definition) is 2. The van der Waals surface area contributed by atoms with Crippen molar-refractivity contribution in [3.05, 3.63) is 22.6 Å². The van der Waals surface area contributed by atoms with Gasteiger partial charge in [0.1, 0.15) is 5.76 Å². The van der Waals surface area contributed by atoms with Crippen molar-refractivity contribution >= 4 is 21.8 Å². The van der Waals surface area contributed by atoms with E-state index in [2.05, 4.69) is 26.6 Å². The molecule has 0 radical (unpaired) electrons. The number of amides is 1. The van der Waals surface area contributed by atoms with Gasteiger partial charge in [0.25, 0.3) is 0 Å². The van der Waals surface area contributed by atoms with Crippen LogP contribution in [0.2, 0.25) is 0 Å². The maximum absolute atomic E-state index is 11.2. The molecule has 0 aromatic carbocycles. The van der Waals surface area contributed by atoms with Crippen LogP contribution in [0.4, 0.5) is 0 Å². The van der Waals surface area contributed by atoms with Gasteiger partial charge in [-0.05, 0) is 28.1 Å². The van der Waals surface area contributed by atoms with Gasteiger partial charge in [0.05, 0.1) is 19.7 Å². The number of nitrogens with one attached hydrogen (secondary N) is 2. The average Bonchev–Trinajstić information content (AvgIpc) is 2.65. The fourth-order valence-electron chi connectivity index (χ4n) is 1.10. The molecule has 1 rings (SSSR count). The number of halogens is 1. The summed E-state index contributed by atoms with van der Waals surface area (Å²) in [5, 5.41) is 5.68. The Morgan fingerprint density at radius 2 is 2.38 bits per heavy atom. The third-order valence-electron chi connectivity index (χ3n) is 1.84. The van der Waals surface area contributed by atoms with Crippen LogP contribution in [0.15, 0.2) is 21.2 Å². The minimum atomic E-state index is -0.0531. The topological polar surface area (TPSA) is 63.5 Å². The fraction of sp³-hybridized carbons (Fsp3) is 0.500. The lowest BCUT2D eigenvalue weighted by Gasteiger charge is -2.04. The van der Waals surface area contributed by atoms with Gasteiger partial charge in [0.2, 0.25) is 5.91 Å². The van der Waals surface area contributed by atoms with Crippen LogP contribution in [0.25, 0.3) is 0 Å². The van der Waals surface area contributed by atoms with Crippen LogP contribution in [0.5, 0.6) is 0 Å². The Morgan fingerprint density at radius 3 is 3.00 bits per heavy atom. The molecule has 0 unspecified atom stereocenters. The van der Waals surface area contributed by atoms with E-state index in [1.54, 1.807) is 7.11 Å². The quantitative estimate of drug-likeness (QED) is 0.733. The molecule has 5 nitrogen and oxygen atoms in total. The maximum atomic E-state index is 11.2. The summed E-state index contributed by atoms with van der Waals surface area (Å²) < 4.78 is 10.8. The highest BCUT2D eigenvalue weighted by Gasteiger charge is 2.02. The zero-order valence-electron chi connectivity index (χ0n) is 9.09. The van der Waals surface area contributed by atoms with E-state index < -0.39 is 0 Å². The van der Waals surface area contributed by atoms with Crippen LogP contribution in [0.1, 0.15) is 5.76 Å². The normalized spacial score (nSPS) is 10.4. The second kappa shape index (κ2) is 7.43. The predicted molar refractivity (Wildman–Crippen MR) is 63.0 cm³/mol. The Hall–Kier alpha value is -0.850. The van der Waals surface area contributed by atoms with Gasteiger partial charge in [0.15, 0.2) is 4.67 Å². The van der Waals surface area contributed by atoms with Crippen molar-refractivity contribution in [3.63, 3.8) is 0 Å². The summed E-state index contributed by atoms with van der Waals surface area (Å²) in [7, 11) is 1.60. The number of hydrogen-bond acceptors (Lipinski definition) is 4. The van der Waals surface area contributed by atoms with E-state index in [0.29, 0.717) is 24.4 Å². The molecule has 1 aromatic heterocycles. The van der Waals surface area contributed by atoms with Crippen molar-refractivity contribution < 1.29 is 13.9 Å². The van der Waals surface area contributed by atoms with E-state index in [4.69, 9.17) is 9.15 Å². The first-order chi connectivity index (χ1) is 7.72. The molecule has 0 spiro atoms. The molecule has 0 aliphatic carbocycles. The largest absolute Gasteiger partial charge is 0.453 e. The van der Waals surface area contributed by atoms with E-state index in [9.17, 15) is 4.79 Å². The summed E-state index contributed by atoms with van der Waals surface area (Å²) in [4.78, 5) is 11.2. The van der Waals surface area contributed by atoms with Gasteiger partial charge in [-0.15, -0.1) is 0 Å². The first-order valence-corrected chi connectivity index (χ1v) is 5.72. The lowest BCUT2D eigenvalue weighted by molar-refractivity contribution is -0.120. The van der Waals surface area contributed by atoms with Crippen molar-refractivity contribution in [2.24, 2.45) is 0 Å². The van der Waals surface area contributed by atoms with Crippen LogP contribution in [-0.2, 0) is 16.1 Å². The van der Waals surface area contributed by atoms with E-state index in [1.807, 2.05) is 12.1 Å². The predicted octanol–water partition coefficient (Wildman–Crippen LogP) is 0.894. The number of carbonyl (C=O) groups excluding carboxylic acids is 1. The second-order valence-electron chi connectivity index (χ2n) is 3.15. The number of ether oxygens (including phenoxy) is 1. The molecule has 1 amide bonds. The lowest BCUT2D eigenvalue weighted by Crippen LogP contribution is -2.35. The molecule has 6 heteroatoms. The van der Waals surface area contributed by atoms with Crippen LogP contribution >= 0.6 is 15.9 Å². The molecule has 0 atom stereocenters. The Morgan fingerprint density at radius 1 is 1.56 bits per heavy atom. The number of rotatable bonds is 7. The fourth-order valence-corrected chi connectivity index (χ4v) is 1.44. The highest BCUT2D eigenvalue weighted by Crippen LogP contribution is 2.13. The Balaban J connectivity index is 2.08. The van der Waals surface area contributed by atoms with Gasteiger partial charge < -0.3 is 19.8 Å². The molecule has 2 N–H and O–H groups in total. The summed E-state index contributed by atoms with van der Waals surface area (Å²) in [5.41, 5.74) is 0. The minimum absolute atomic E-state index is 0.0531. The highest BCUT2D eigenvalue weighted by molar-refractivity contribution is 9.10. The second-order valence-corrected chi connectivity index (χ2v) is 3.93. The van der Waals surface area contributed by atoms with Gasteiger partial charge in [-0.3, -0.25) is 4.79 Å². The van der Waals surface area contributed by atoms with Crippen molar-refractivity contribution in [2.75, 3.05) is 26.8 Å². The summed E-state index contributed by atoms with van der Waals surface area (Å²) in [5.74, 6) is 0.735. The van der Waals surface area contributed by atoms with E-state index in [-0.39, 0.29) is 12.5 Å². The molecule has 0 aliphatic heterocycles. The Labute approximate surface area is 103 Å². The number of methoxy groups -OCH3 is 1. The van der Waals surface area contributed by atoms with Crippen LogP contribution in [-0.4, -0.2) is 32.7 Å². The SMILES string of the molecule is COCCNC(=O)CNCc1ccc(Br)o1. The molecule has 0 aliphatic rings. The van der Waals surface area contributed by atoms with E-state index in [1.165, 1.54) is 0 Å². The van der Waals surface area contributed by atoms with Crippen molar-refractivity contribution in [3.8, 4) is 0 Å². The molecule has 1 heterocycles. The summed E-state index contributed by atoms with van der Waals surface area (Å²) in [6.07, 6.45) is 0. The number of carbonyl (C=O) groups is 1. The van der Waals surface area contributed by atoms with Crippen molar-refractivity contribution in [1.82, 2.24) is 10.6 Å². The molecular weight excluding hydrogens is 276 g/mol. The zero-order chi connectivity index (χ0) is 11.8. The molecule has 16 heavy (non-hydrogen) atoms. The minimum Gasteiger partial charge on any atom is -0.453 e. The third-order valence-corrected chi connectivity index (χ3v) is 2.27. The number of furan rings is 1. The standard InChI is InChI=1S/C10H15BrN2O3/c1-15-5-4-13-10(14)7-12-6-8-2-3-9(11)16-8/h2-3,12H,4-7H2,1H3,(H,13,14). The maximum Gasteiger partial charge on any atom is 0.234 e. The van der Waals surface area contributed by atoms with E-state index >= 15 is 0 Å². The molecule has 0 fully saturated rings. The monoisotopic (exact) mass is 290 g/mol. The Kier molecular flexibility index (Phi) is 6.14. The summed E-state index contributed by atoms with van der Waals surface area (Å²) in [6.45, 7) is 1.85. The zero-order valence-corrected chi connectivity index (χ0v) is 10.7.